The molecular formula is C33H38N2. The Balaban J connectivity index is 1.41. The molecule has 1 N–H and O–H groups in total. The number of allylic oxidation sites excluding steroid dienone is 8. The summed E-state index contributed by atoms with van der Waals surface area (Å²) in [6.07, 6.45) is 12.7. The van der Waals surface area contributed by atoms with Crippen LogP contribution in [-0.2, 0) is 10.8 Å². The molecule has 2 aliphatic heterocycles. The fraction of sp³-hybridized carbons (Fsp3) is 0.364. The van der Waals surface area contributed by atoms with Crippen LogP contribution in [0.4, 0.5) is 11.4 Å². The van der Waals surface area contributed by atoms with Gasteiger partial charge in [-0.1, -0.05) is 75.2 Å². The molecule has 2 nitrogen and oxygen atoms in total. The van der Waals surface area contributed by atoms with Crippen molar-refractivity contribution in [3.8, 4) is 0 Å². The normalized spacial score (nSPS) is 22.5. The lowest BCUT2D eigenvalue weighted by molar-refractivity contribution is 0.653. The van der Waals surface area contributed by atoms with E-state index in [4.69, 9.17) is 4.99 Å². The van der Waals surface area contributed by atoms with Crippen LogP contribution >= 0.6 is 0 Å². The number of anilines is 1. The van der Waals surface area contributed by atoms with Crippen molar-refractivity contribution in [2.45, 2.75) is 78.6 Å². The average Bonchev–Trinajstić information content (AvgIpc) is 3.21. The Morgan fingerprint density at radius 3 is 2.29 bits per heavy atom. The van der Waals surface area contributed by atoms with Crippen molar-refractivity contribution in [3.05, 3.63) is 105 Å². The Bertz CT molecular complexity index is 1360. The predicted octanol–water partition coefficient (Wildman–Crippen LogP) is 8.94. The van der Waals surface area contributed by atoms with Crippen molar-refractivity contribution in [1.29, 1.82) is 0 Å². The SMILES string of the molecule is CC1=C(/C=C/C2=Nc3ccc(C)cc3C2(C)C)CCC/C1=C\C=C1\Nc2ccc(C)cc2C1(C)C. The van der Waals surface area contributed by atoms with Crippen LogP contribution in [-0.4, -0.2) is 5.71 Å². The molecule has 2 aromatic rings. The van der Waals surface area contributed by atoms with Gasteiger partial charge in [-0.2, -0.15) is 0 Å². The van der Waals surface area contributed by atoms with E-state index in [1.165, 1.54) is 56.8 Å². The molecule has 0 bridgehead atoms. The molecular weight excluding hydrogens is 424 g/mol. The molecule has 1 aliphatic carbocycles. The predicted molar refractivity (Wildman–Crippen MR) is 151 cm³/mol. The summed E-state index contributed by atoms with van der Waals surface area (Å²) in [4.78, 5) is 4.98. The van der Waals surface area contributed by atoms with Gasteiger partial charge in [-0.05, 0) is 92.2 Å². The van der Waals surface area contributed by atoms with Crippen molar-refractivity contribution in [1.82, 2.24) is 0 Å². The van der Waals surface area contributed by atoms with Crippen molar-refractivity contribution >= 4 is 17.1 Å². The van der Waals surface area contributed by atoms with Gasteiger partial charge in [0, 0.05) is 22.2 Å². The van der Waals surface area contributed by atoms with Gasteiger partial charge in [0.15, 0.2) is 0 Å². The monoisotopic (exact) mass is 462 g/mol. The summed E-state index contributed by atoms with van der Waals surface area (Å²) >= 11 is 0. The molecule has 2 aromatic carbocycles. The third-order valence-corrected chi connectivity index (χ3v) is 8.25. The van der Waals surface area contributed by atoms with Gasteiger partial charge >= 0.3 is 0 Å². The number of fused-ring (bicyclic) bond motifs is 2. The van der Waals surface area contributed by atoms with Crippen LogP contribution in [0.25, 0.3) is 0 Å². The van der Waals surface area contributed by atoms with Gasteiger partial charge in [0.05, 0.1) is 11.4 Å². The molecule has 0 unspecified atom stereocenters. The first kappa shape index (κ1) is 23.6. The topological polar surface area (TPSA) is 24.4 Å². The highest BCUT2D eigenvalue weighted by molar-refractivity contribution is 6.08. The first-order valence-corrected chi connectivity index (χ1v) is 13.0. The highest BCUT2D eigenvalue weighted by Gasteiger charge is 2.35. The van der Waals surface area contributed by atoms with Gasteiger partial charge in [0.25, 0.3) is 0 Å². The highest BCUT2D eigenvalue weighted by Crippen LogP contribution is 2.44. The molecule has 35 heavy (non-hydrogen) atoms. The molecule has 3 aliphatic rings. The zero-order chi connectivity index (χ0) is 25.0. The first-order chi connectivity index (χ1) is 16.6. The number of nitrogens with zero attached hydrogens (tertiary/aromatic N) is 1. The maximum Gasteiger partial charge on any atom is 0.0674 e. The van der Waals surface area contributed by atoms with Gasteiger partial charge < -0.3 is 5.32 Å². The number of rotatable bonds is 3. The number of hydrogen-bond acceptors (Lipinski definition) is 2. The number of nitrogens with one attached hydrogen (secondary N) is 1. The molecule has 0 amide bonds. The molecule has 2 heterocycles. The lowest BCUT2D eigenvalue weighted by atomic mass is 9.80. The Labute approximate surface area is 211 Å². The van der Waals surface area contributed by atoms with Crippen molar-refractivity contribution in [3.63, 3.8) is 0 Å². The van der Waals surface area contributed by atoms with Gasteiger partial charge in [0.1, 0.15) is 0 Å². The summed E-state index contributed by atoms with van der Waals surface area (Å²) < 4.78 is 0. The minimum absolute atomic E-state index is 0.00695. The maximum atomic E-state index is 4.98. The van der Waals surface area contributed by atoms with E-state index in [0.29, 0.717) is 0 Å². The third-order valence-electron chi connectivity index (χ3n) is 8.25. The Morgan fingerprint density at radius 2 is 1.51 bits per heavy atom. The van der Waals surface area contributed by atoms with Gasteiger partial charge in [-0.15, -0.1) is 0 Å². The van der Waals surface area contributed by atoms with E-state index in [-0.39, 0.29) is 10.8 Å². The van der Waals surface area contributed by atoms with Gasteiger partial charge in [-0.3, -0.25) is 4.99 Å². The summed E-state index contributed by atoms with van der Waals surface area (Å²) in [5.41, 5.74) is 14.3. The molecule has 0 saturated heterocycles. The van der Waals surface area contributed by atoms with Crippen LogP contribution in [0.5, 0.6) is 0 Å². The van der Waals surface area contributed by atoms with Crippen molar-refractivity contribution in [2.75, 3.05) is 5.32 Å². The number of aryl methyl sites for hydroxylation is 2. The van der Waals surface area contributed by atoms with Crippen LogP contribution in [0.2, 0.25) is 0 Å². The molecule has 180 valence electrons. The largest absolute Gasteiger partial charge is 0.358 e. The summed E-state index contributed by atoms with van der Waals surface area (Å²) in [5, 5.41) is 3.67. The summed E-state index contributed by atoms with van der Waals surface area (Å²) in [6.45, 7) is 15.8. The van der Waals surface area contributed by atoms with Crippen molar-refractivity contribution in [2.24, 2.45) is 4.99 Å². The second-order valence-electron chi connectivity index (χ2n) is 11.6. The second-order valence-corrected chi connectivity index (χ2v) is 11.6. The second kappa shape index (κ2) is 8.52. The first-order valence-electron chi connectivity index (χ1n) is 13.0. The maximum absolute atomic E-state index is 4.98. The van der Waals surface area contributed by atoms with Crippen LogP contribution in [0.3, 0.4) is 0 Å². The number of aliphatic imine (C=N–C) groups is 1. The van der Waals surface area contributed by atoms with E-state index >= 15 is 0 Å². The van der Waals surface area contributed by atoms with E-state index < -0.39 is 0 Å². The van der Waals surface area contributed by atoms with Crippen LogP contribution in [0, 0.1) is 13.8 Å². The molecule has 0 spiro atoms. The molecule has 0 radical (unpaired) electrons. The molecule has 0 atom stereocenters. The summed E-state index contributed by atoms with van der Waals surface area (Å²) in [6, 6.07) is 13.3. The average molecular weight is 463 g/mol. The highest BCUT2D eigenvalue weighted by atomic mass is 15.0. The van der Waals surface area contributed by atoms with E-state index in [0.717, 1.165) is 24.2 Å². The Kier molecular flexibility index (Phi) is 5.74. The quantitative estimate of drug-likeness (QED) is 0.484. The minimum atomic E-state index is -0.0584. The van der Waals surface area contributed by atoms with Gasteiger partial charge in [-0.25, -0.2) is 0 Å². The zero-order valence-electron chi connectivity index (χ0n) is 22.3. The lowest BCUT2D eigenvalue weighted by Gasteiger charge is -2.22. The number of benzene rings is 2. The molecule has 0 aromatic heterocycles. The van der Waals surface area contributed by atoms with E-state index in [9.17, 15) is 0 Å². The van der Waals surface area contributed by atoms with E-state index in [1.807, 2.05) is 0 Å². The summed E-state index contributed by atoms with van der Waals surface area (Å²) in [5.74, 6) is 0. The fourth-order valence-corrected chi connectivity index (χ4v) is 5.71. The third kappa shape index (κ3) is 4.14. The molecule has 0 fully saturated rings. The smallest absolute Gasteiger partial charge is 0.0674 e. The molecule has 2 heteroatoms. The molecule has 0 saturated carbocycles. The standard InChI is InChI=1S/C33H38N2/c1-21-11-15-28-26(19-21)32(4,5)30(34-28)17-13-24-9-8-10-25(23(24)3)14-18-31-33(6,7)27-20-22(2)12-16-29(27)35-31/h11-20,34H,8-10H2,1-7H3/b18-14+,24-13+,30-17+. The van der Waals surface area contributed by atoms with Crippen LogP contribution in [0.1, 0.15) is 76.1 Å². The Hall–Kier alpha value is -3.13. The van der Waals surface area contributed by atoms with E-state index in [2.05, 4.69) is 114 Å². The minimum Gasteiger partial charge on any atom is -0.358 e. The van der Waals surface area contributed by atoms with Crippen molar-refractivity contribution < 1.29 is 0 Å². The summed E-state index contributed by atoms with van der Waals surface area (Å²) in [7, 11) is 0. The van der Waals surface area contributed by atoms with Crippen LogP contribution < -0.4 is 5.32 Å². The Morgan fingerprint density at radius 1 is 0.800 bits per heavy atom. The van der Waals surface area contributed by atoms with Crippen LogP contribution in [0.15, 0.2) is 88.1 Å². The fourth-order valence-electron chi connectivity index (χ4n) is 5.71. The number of hydrogen-bond donors (Lipinski definition) is 1. The van der Waals surface area contributed by atoms with E-state index in [1.54, 1.807) is 0 Å². The van der Waals surface area contributed by atoms with Gasteiger partial charge in [0.2, 0.25) is 0 Å². The zero-order valence-corrected chi connectivity index (χ0v) is 22.3. The molecule has 5 rings (SSSR count). The lowest BCUT2D eigenvalue weighted by Crippen LogP contribution is -2.23.